The third-order valence-electron chi connectivity index (χ3n) is 2.87. The minimum absolute atomic E-state index is 0.206. The SMILES string of the molecule is CCCCOC(=O)CSc1nnc(Nc2ccccc2C)s1. The van der Waals surface area contributed by atoms with Crippen LogP contribution in [-0.2, 0) is 9.53 Å². The fourth-order valence-corrected chi connectivity index (χ4v) is 3.20. The van der Waals surface area contributed by atoms with Crippen molar-refractivity contribution in [1.29, 1.82) is 0 Å². The molecule has 1 aromatic carbocycles. The zero-order valence-corrected chi connectivity index (χ0v) is 14.3. The van der Waals surface area contributed by atoms with E-state index in [-0.39, 0.29) is 11.7 Å². The molecule has 1 heterocycles. The summed E-state index contributed by atoms with van der Waals surface area (Å²) in [6, 6.07) is 7.99. The Balaban J connectivity index is 1.82. The van der Waals surface area contributed by atoms with Gasteiger partial charge < -0.3 is 10.1 Å². The van der Waals surface area contributed by atoms with E-state index in [1.807, 2.05) is 31.2 Å². The van der Waals surface area contributed by atoms with Crippen LogP contribution in [-0.4, -0.2) is 28.5 Å². The van der Waals surface area contributed by atoms with Gasteiger partial charge in [-0.3, -0.25) is 4.79 Å². The Hall–Kier alpha value is -1.60. The second-order valence-electron chi connectivity index (χ2n) is 4.68. The summed E-state index contributed by atoms with van der Waals surface area (Å²) in [6.07, 6.45) is 1.92. The Morgan fingerprint density at radius 1 is 1.36 bits per heavy atom. The third-order valence-corrected chi connectivity index (χ3v) is 4.81. The summed E-state index contributed by atoms with van der Waals surface area (Å²) >= 11 is 2.78. The first-order chi connectivity index (χ1) is 10.7. The van der Waals surface area contributed by atoms with Gasteiger partial charge in [-0.05, 0) is 25.0 Å². The van der Waals surface area contributed by atoms with E-state index >= 15 is 0 Å². The summed E-state index contributed by atoms with van der Waals surface area (Å²) in [5, 5.41) is 12.1. The van der Waals surface area contributed by atoms with Crippen LogP contribution in [0.5, 0.6) is 0 Å². The van der Waals surface area contributed by atoms with Gasteiger partial charge in [0.15, 0.2) is 4.34 Å². The van der Waals surface area contributed by atoms with E-state index in [2.05, 4.69) is 22.4 Å². The Morgan fingerprint density at radius 2 is 2.18 bits per heavy atom. The number of anilines is 2. The van der Waals surface area contributed by atoms with Crippen molar-refractivity contribution in [2.24, 2.45) is 0 Å². The summed E-state index contributed by atoms with van der Waals surface area (Å²) in [6.45, 7) is 4.59. The van der Waals surface area contributed by atoms with Gasteiger partial charge >= 0.3 is 5.97 Å². The van der Waals surface area contributed by atoms with E-state index in [0.29, 0.717) is 6.61 Å². The largest absolute Gasteiger partial charge is 0.465 e. The van der Waals surface area contributed by atoms with E-state index in [0.717, 1.165) is 33.6 Å². The van der Waals surface area contributed by atoms with E-state index in [9.17, 15) is 4.79 Å². The fraction of sp³-hybridized carbons (Fsp3) is 0.400. The monoisotopic (exact) mass is 337 g/mol. The molecule has 0 unspecified atom stereocenters. The second-order valence-corrected chi connectivity index (χ2v) is 6.88. The Kier molecular flexibility index (Phi) is 6.67. The average molecular weight is 337 g/mol. The molecule has 118 valence electrons. The highest BCUT2D eigenvalue weighted by molar-refractivity contribution is 8.01. The maximum absolute atomic E-state index is 11.5. The van der Waals surface area contributed by atoms with Crippen LogP contribution in [0.15, 0.2) is 28.6 Å². The molecule has 22 heavy (non-hydrogen) atoms. The molecule has 0 spiro atoms. The summed E-state index contributed by atoms with van der Waals surface area (Å²) in [7, 11) is 0. The minimum Gasteiger partial charge on any atom is -0.465 e. The van der Waals surface area contributed by atoms with Crippen LogP contribution in [0.4, 0.5) is 10.8 Å². The van der Waals surface area contributed by atoms with Crippen LogP contribution in [0.3, 0.4) is 0 Å². The number of nitrogens with zero attached hydrogens (tertiary/aromatic N) is 2. The number of hydrogen-bond donors (Lipinski definition) is 1. The lowest BCUT2D eigenvalue weighted by atomic mass is 10.2. The number of hydrogen-bond acceptors (Lipinski definition) is 7. The smallest absolute Gasteiger partial charge is 0.316 e. The number of unbranched alkanes of at least 4 members (excludes halogenated alkanes) is 1. The summed E-state index contributed by atoms with van der Waals surface area (Å²) in [5.41, 5.74) is 2.15. The van der Waals surface area contributed by atoms with E-state index in [4.69, 9.17) is 4.74 Å². The third kappa shape index (κ3) is 5.31. The molecular weight excluding hydrogens is 318 g/mol. The first-order valence-electron chi connectivity index (χ1n) is 7.13. The first-order valence-corrected chi connectivity index (χ1v) is 8.94. The molecule has 0 atom stereocenters. The molecule has 2 aromatic rings. The van der Waals surface area contributed by atoms with Crippen molar-refractivity contribution in [3.63, 3.8) is 0 Å². The molecule has 7 heteroatoms. The molecule has 0 saturated heterocycles. The van der Waals surface area contributed by atoms with Crippen LogP contribution in [0.25, 0.3) is 0 Å². The number of aromatic nitrogens is 2. The zero-order chi connectivity index (χ0) is 15.8. The maximum Gasteiger partial charge on any atom is 0.316 e. The fourth-order valence-electron chi connectivity index (χ4n) is 1.64. The molecule has 5 nitrogen and oxygen atoms in total. The number of carbonyl (C=O) groups excluding carboxylic acids is 1. The zero-order valence-electron chi connectivity index (χ0n) is 12.7. The molecular formula is C15H19N3O2S2. The van der Waals surface area contributed by atoms with Crippen LogP contribution >= 0.6 is 23.1 Å². The molecule has 0 aliphatic heterocycles. The first kappa shape index (κ1) is 16.8. The molecule has 0 radical (unpaired) electrons. The summed E-state index contributed by atoms with van der Waals surface area (Å²) < 4.78 is 5.86. The van der Waals surface area contributed by atoms with Crippen LogP contribution < -0.4 is 5.32 Å². The Labute approximate surface area is 138 Å². The molecule has 1 N–H and O–H groups in total. The van der Waals surface area contributed by atoms with Crippen LogP contribution in [0.1, 0.15) is 25.3 Å². The van der Waals surface area contributed by atoms with Crippen LogP contribution in [0, 0.1) is 6.92 Å². The lowest BCUT2D eigenvalue weighted by Gasteiger charge is -2.04. The highest BCUT2D eigenvalue weighted by Gasteiger charge is 2.09. The molecule has 0 aliphatic rings. The van der Waals surface area contributed by atoms with Crippen molar-refractivity contribution in [1.82, 2.24) is 10.2 Å². The van der Waals surface area contributed by atoms with Crippen molar-refractivity contribution < 1.29 is 9.53 Å². The lowest BCUT2D eigenvalue weighted by Crippen LogP contribution is -2.08. The standard InChI is InChI=1S/C15H19N3O2S2/c1-3-4-9-20-13(19)10-21-15-18-17-14(22-15)16-12-8-6-5-7-11(12)2/h5-8H,3-4,9-10H2,1-2H3,(H,16,17). The Bertz CT molecular complexity index is 616. The van der Waals surface area contributed by atoms with Gasteiger partial charge in [0.25, 0.3) is 0 Å². The van der Waals surface area contributed by atoms with Gasteiger partial charge in [-0.25, -0.2) is 0 Å². The second kappa shape index (κ2) is 8.75. The highest BCUT2D eigenvalue weighted by Crippen LogP contribution is 2.28. The van der Waals surface area contributed by atoms with Gasteiger partial charge in [-0.1, -0.05) is 54.6 Å². The lowest BCUT2D eigenvalue weighted by molar-refractivity contribution is -0.140. The van der Waals surface area contributed by atoms with Crippen molar-refractivity contribution in [2.45, 2.75) is 31.0 Å². The molecule has 0 bridgehead atoms. The van der Waals surface area contributed by atoms with Crippen molar-refractivity contribution in [2.75, 3.05) is 17.7 Å². The van der Waals surface area contributed by atoms with Crippen molar-refractivity contribution >= 4 is 39.9 Å². The molecule has 2 rings (SSSR count). The van der Waals surface area contributed by atoms with Gasteiger partial charge in [0.05, 0.1) is 12.4 Å². The minimum atomic E-state index is -0.206. The molecule has 0 fully saturated rings. The normalized spacial score (nSPS) is 10.5. The number of benzene rings is 1. The number of thioether (sulfide) groups is 1. The van der Waals surface area contributed by atoms with Gasteiger partial charge in [-0.2, -0.15) is 0 Å². The molecule has 0 saturated carbocycles. The molecule has 0 amide bonds. The number of aryl methyl sites for hydroxylation is 1. The topological polar surface area (TPSA) is 64.1 Å². The molecule has 1 aromatic heterocycles. The maximum atomic E-state index is 11.5. The number of nitrogens with one attached hydrogen (secondary N) is 1. The van der Waals surface area contributed by atoms with Gasteiger partial charge in [-0.15, -0.1) is 10.2 Å². The van der Waals surface area contributed by atoms with Gasteiger partial charge in [0.2, 0.25) is 5.13 Å². The average Bonchev–Trinajstić information content (AvgIpc) is 2.95. The summed E-state index contributed by atoms with van der Waals surface area (Å²) in [4.78, 5) is 11.5. The molecule has 0 aliphatic carbocycles. The Morgan fingerprint density at radius 3 is 2.95 bits per heavy atom. The van der Waals surface area contributed by atoms with Crippen molar-refractivity contribution in [3.8, 4) is 0 Å². The van der Waals surface area contributed by atoms with Crippen molar-refractivity contribution in [3.05, 3.63) is 29.8 Å². The van der Waals surface area contributed by atoms with Gasteiger partial charge in [0, 0.05) is 5.69 Å². The number of carbonyl (C=O) groups is 1. The van der Waals surface area contributed by atoms with Crippen LogP contribution in [0.2, 0.25) is 0 Å². The van der Waals surface area contributed by atoms with E-state index in [1.54, 1.807) is 0 Å². The number of para-hydroxylation sites is 1. The predicted molar refractivity (Wildman–Crippen MR) is 91.0 cm³/mol. The van der Waals surface area contributed by atoms with E-state index in [1.165, 1.54) is 23.1 Å². The summed E-state index contributed by atoms with van der Waals surface area (Å²) in [5.74, 6) is 0.0602. The predicted octanol–water partition coefficient (Wildman–Crippen LogP) is 4.03. The highest BCUT2D eigenvalue weighted by atomic mass is 32.2. The quantitative estimate of drug-likeness (QED) is 0.446. The number of rotatable bonds is 8. The number of esters is 1. The van der Waals surface area contributed by atoms with Gasteiger partial charge in [0.1, 0.15) is 0 Å². The number of ether oxygens (including phenoxy) is 1. The van der Waals surface area contributed by atoms with E-state index < -0.39 is 0 Å².